The molecule has 0 radical (unpaired) electrons. The number of nitrogens with one attached hydrogen (secondary N) is 1. The monoisotopic (exact) mass is 272 g/mol. The lowest BCUT2D eigenvalue weighted by atomic mass is 10.0. The first-order chi connectivity index (χ1) is 8.40. The normalized spacial score (nSPS) is 19.3. The molecule has 0 saturated heterocycles. The van der Waals surface area contributed by atoms with Gasteiger partial charge in [-0.1, -0.05) is 12.8 Å². The van der Waals surface area contributed by atoms with E-state index < -0.39 is 15.6 Å². The van der Waals surface area contributed by atoms with Crippen molar-refractivity contribution in [2.45, 2.75) is 43.0 Å². The standard InChI is InChI=1S/C11H20N4O2S/c1-9-10(7-13-15(9)2)18(16,17)14-11(8-12)5-3-4-6-11/h7,14H,3-6,8,12H2,1-2H3. The lowest BCUT2D eigenvalue weighted by Crippen LogP contribution is -2.51. The van der Waals surface area contributed by atoms with E-state index in [9.17, 15) is 8.42 Å². The smallest absolute Gasteiger partial charge is 0.244 e. The molecule has 1 heterocycles. The predicted octanol–water partition coefficient (Wildman–Crippen LogP) is 0.278. The lowest BCUT2D eigenvalue weighted by Gasteiger charge is -2.28. The molecule has 1 aromatic heterocycles. The number of nitrogens with zero attached hydrogens (tertiary/aromatic N) is 2. The minimum absolute atomic E-state index is 0.240. The summed E-state index contributed by atoms with van der Waals surface area (Å²) in [7, 11) is -1.81. The largest absolute Gasteiger partial charge is 0.329 e. The van der Waals surface area contributed by atoms with Crippen LogP contribution in [-0.4, -0.2) is 30.3 Å². The highest BCUT2D eigenvalue weighted by molar-refractivity contribution is 7.89. The first-order valence-corrected chi connectivity index (χ1v) is 7.61. The van der Waals surface area contributed by atoms with Gasteiger partial charge in [0.25, 0.3) is 0 Å². The summed E-state index contributed by atoms with van der Waals surface area (Å²) in [5.74, 6) is 0. The van der Waals surface area contributed by atoms with Gasteiger partial charge in [0.05, 0.1) is 11.9 Å². The third kappa shape index (κ3) is 2.30. The van der Waals surface area contributed by atoms with Crippen LogP contribution in [0.15, 0.2) is 11.1 Å². The Balaban J connectivity index is 2.30. The molecule has 102 valence electrons. The van der Waals surface area contributed by atoms with Crippen LogP contribution in [0.3, 0.4) is 0 Å². The molecule has 3 N–H and O–H groups in total. The number of hydrogen-bond acceptors (Lipinski definition) is 4. The molecular weight excluding hydrogens is 252 g/mol. The van der Waals surface area contributed by atoms with E-state index in [2.05, 4.69) is 9.82 Å². The molecule has 1 saturated carbocycles. The summed E-state index contributed by atoms with van der Waals surface area (Å²) in [6.07, 6.45) is 5.04. The molecule has 7 heteroatoms. The van der Waals surface area contributed by atoms with E-state index in [0.29, 0.717) is 12.2 Å². The Morgan fingerprint density at radius 3 is 2.56 bits per heavy atom. The molecule has 0 aromatic carbocycles. The summed E-state index contributed by atoms with van der Waals surface area (Å²) in [6.45, 7) is 2.08. The molecule has 1 aliphatic carbocycles. The number of nitrogens with two attached hydrogens (primary N) is 1. The SMILES string of the molecule is Cc1c(S(=O)(=O)NC2(CN)CCCC2)cnn1C. The van der Waals surface area contributed by atoms with Gasteiger partial charge in [-0.3, -0.25) is 4.68 Å². The maximum atomic E-state index is 12.4. The van der Waals surface area contributed by atoms with E-state index in [1.165, 1.54) is 6.20 Å². The minimum atomic E-state index is -3.54. The van der Waals surface area contributed by atoms with E-state index >= 15 is 0 Å². The maximum Gasteiger partial charge on any atom is 0.244 e. The first-order valence-electron chi connectivity index (χ1n) is 6.13. The summed E-state index contributed by atoms with van der Waals surface area (Å²) in [5, 5.41) is 3.97. The molecular formula is C11H20N4O2S. The topological polar surface area (TPSA) is 90.0 Å². The number of sulfonamides is 1. The first kappa shape index (κ1) is 13.5. The van der Waals surface area contributed by atoms with Crippen molar-refractivity contribution < 1.29 is 8.42 Å². The predicted molar refractivity (Wildman–Crippen MR) is 68.5 cm³/mol. The summed E-state index contributed by atoms with van der Waals surface area (Å²) in [4.78, 5) is 0.240. The fourth-order valence-corrected chi connectivity index (χ4v) is 4.16. The van der Waals surface area contributed by atoms with E-state index in [1.807, 2.05) is 0 Å². The van der Waals surface area contributed by atoms with Crippen molar-refractivity contribution >= 4 is 10.0 Å². The van der Waals surface area contributed by atoms with Gasteiger partial charge >= 0.3 is 0 Å². The van der Waals surface area contributed by atoms with Gasteiger partial charge in [-0.05, 0) is 19.8 Å². The molecule has 1 aromatic rings. The molecule has 0 bridgehead atoms. The van der Waals surface area contributed by atoms with Gasteiger partial charge in [-0.25, -0.2) is 13.1 Å². The second kappa shape index (κ2) is 4.64. The second-order valence-corrected chi connectivity index (χ2v) is 6.67. The van der Waals surface area contributed by atoms with Crippen LogP contribution in [0.5, 0.6) is 0 Å². The number of aryl methyl sites for hydroxylation is 1. The van der Waals surface area contributed by atoms with Crippen molar-refractivity contribution in [1.82, 2.24) is 14.5 Å². The number of hydrogen-bond donors (Lipinski definition) is 2. The second-order valence-electron chi connectivity index (χ2n) is 5.01. The highest BCUT2D eigenvalue weighted by Crippen LogP contribution is 2.30. The van der Waals surface area contributed by atoms with Crippen LogP contribution in [0.4, 0.5) is 0 Å². The van der Waals surface area contributed by atoms with Crippen molar-refractivity contribution in [2.24, 2.45) is 12.8 Å². The van der Waals surface area contributed by atoms with Gasteiger partial charge in [-0.15, -0.1) is 0 Å². The third-order valence-corrected chi connectivity index (χ3v) is 5.46. The Morgan fingerprint density at radius 2 is 2.11 bits per heavy atom. The zero-order chi connectivity index (χ0) is 13.4. The van der Waals surface area contributed by atoms with Gasteiger partial charge in [0.2, 0.25) is 10.0 Å². The Hall–Kier alpha value is -0.920. The van der Waals surface area contributed by atoms with Gasteiger partial charge in [0, 0.05) is 19.1 Å². The van der Waals surface area contributed by atoms with E-state index in [0.717, 1.165) is 25.7 Å². The lowest BCUT2D eigenvalue weighted by molar-refractivity contribution is 0.399. The Morgan fingerprint density at radius 1 is 1.50 bits per heavy atom. The van der Waals surface area contributed by atoms with Crippen LogP contribution < -0.4 is 10.5 Å². The van der Waals surface area contributed by atoms with E-state index in [-0.39, 0.29) is 4.90 Å². The number of aromatic nitrogens is 2. The Kier molecular flexibility index (Phi) is 3.48. The highest BCUT2D eigenvalue weighted by atomic mass is 32.2. The van der Waals surface area contributed by atoms with Crippen LogP contribution >= 0.6 is 0 Å². The highest BCUT2D eigenvalue weighted by Gasteiger charge is 2.37. The number of rotatable bonds is 4. The average molecular weight is 272 g/mol. The fourth-order valence-electron chi connectivity index (χ4n) is 2.48. The average Bonchev–Trinajstić information content (AvgIpc) is 2.88. The summed E-state index contributed by atoms with van der Waals surface area (Å²) >= 11 is 0. The van der Waals surface area contributed by atoms with Crippen molar-refractivity contribution in [1.29, 1.82) is 0 Å². The molecule has 0 unspecified atom stereocenters. The fraction of sp³-hybridized carbons (Fsp3) is 0.727. The molecule has 1 aliphatic rings. The van der Waals surface area contributed by atoms with Gasteiger partial charge < -0.3 is 5.73 Å². The zero-order valence-electron chi connectivity index (χ0n) is 10.8. The van der Waals surface area contributed by atoms with Crippen molar-refractivity contribution in [2.75, 3.05) is 6.54 Å². The van der Waals surface area contributed by atoms with Crippen molar-refractivity contribution in [3.05, 3.63) is 11.9 Å². The minimum Gasteiger partial charge on any atom is -0.329 e. The summed E-state index contributed by atoms with van der Waals surface area (Å²) < 4.78 is 29.1. The zero-order valence-corrected chi connectivity index (χ0v) is 11.6. The maximum absolute atomic E-state index is 12.4. The van der Waals surface area contributed by atoms with Crippen LogP contribution in [0, 0.1) is 6.92 Å². The van der Waals surface area contributed by atoms with Gasteiger partial charge in [0.1, 0.15) is 4.90 Å². The summed E-state index contributed by atoms with van der Waals surface area (Å²) in [5.41, 5.74) is 5.91. The summed E-state index contributed by atoms with van der Waals surface area (Å²) in [6, 6.07) is 0. The van der Waals surface area contributed by atoms with Gasteiger partial charge in [-0.2, -0.15) is 5.10 Å². The Labute approximate surface area is 108 Å². The van der Waals surface area contributed by atoms with Gasteiger partial charge in [0.15, 0.2) is 0 Å². The quantitative estimate of drug-likeness (QED) is 0.823. The molecule has 1 fully saturated rings. The molecule has 0 amide bonds. The van der Waals surface area contributed by atoms with Crippen molar-refractivity contribution in [3.63, 3.8) is 0 Å². The Bertz CT molecular complexity index is 529. The molecule has 0 spiro atoms. The molecule has 0 aliphatic heterocycles. The molecule has 2 rings (SSSR count). The molecule has 18 heavy (non-hydrogen) atoms. The molecule has 0 atom stereocenters. The molecule has 6 nitrogen and oxygen atoms in total. The third-order valence-electron chi connectivity index (χ3n) is 3.78. The van der Waals surface area contributed by atoms with E-state index in [4.69, 9.17) is 5.73 Å². The van der Waals surface area contributed by atoms with E-state index in [1.54, 1.807) is 18.7 Å². The van der Waals surface area contributed by atoms with Crippen LogP contribution in [0.2, 0.25) is 0 Å². The van der Waals surface area contributed by atoms with Crippen LogP contribution in [0.25, 0.3) is 0 Å². The van der Waals surface area contributed by atoms with Crippen LogP contribution in [-0.2, 0) is 17.1 Å². The van der Waals surface area contributed by atoms with Crippen LogP contribution in [0.1, 0.15) is 31.4 Å². The van der Waals surface area contributed by atoms with Crippen molar-refractivity contribution in [3.8, 4) is 0 Å².